The summed E-state index contributed by atoms with van der Waals surface area (Å²) in [6, 6.07) is 1.03. The molecule has 7 heteroatoms. The van der Waals surface area contributed by atoms with Crippen molar-refractivity contribution in [3.63, 3.8) is 0 Å². The molecule has 0 bridgehead atoms. The molecule has 0 saturated carbocycles. The number of allylic oxidation sites excluding steroid dienone is 2. The third-order valence-corrected chi connectivity index (χ3v) is 4.10. The molecule has 2 aliphatic rings. The molecule has 0 radical (unpaired) electrons. The van der Waals surface area contributed by atoms with Gasteiger partial charge < -0.3 is 10.4 Å². The van der Waals surface area contributed by atoms with E-state index in [0.29, 0.717) is 25.1 Å². The van der Waals surface area contributed by atoms with Crippen molar-refractivity contribution in [2.24, 2.45) is 0 Å². The van der Waals surface area contributed by atoms with Gasteiger partial charge in [0, 0.05) is 6.54 Å². The van der Waals surface area contributed by atoms with Gasteiger partial charge in [0.05, 0.1) is 5.69 Å². The van der Waals surface area contributed by atoms with Crippen LogP contribution in [0.2, 0.25) is 0 Å². The van der Waals surface area contributed by atoms with E-state index in [1.807, 2.05) is 26.0 Å². The zero-order valence-corrected chi connectivity index (χ0v) is 14.5. The number of carboxylic acids is 1. The molecule has 0 spiro atoms. The van der Waals surface area contributed by atoms with E-state index in [1.54, 1.807) is 0 Å². The number of hydrogen-bond donors (Lipinski definition) is 2. The first kappa shape index (κ1) is 18.5. The molecule has 132 valence electrons. The summed E-state index contributed by atoms with van der Waals surface area (Å²) >= 11 is 0. The fourth-order valence-electron chi connectivity index (χ4n) is 2.97. The summed E-state index contributed by atoms with van der Waals surface area (Å²) in [5.74, 6) is -1.04. The fourth-order valence-corrected chi connectivity index (χ4v) is 2.97. The third kappa shape index (κ3) is 3.79. The first-order valence-corrected chi connectivity index (χ1v) is 8.49. The minimum Gasteiger partial charge on any atom is -0.480 e. The van der Waals surface area contributed by atoms with Crippen molar-refractivity contribution >= 4 is 11.8 Å². The minimum atomic E-state index is -1.06. The van der Waals surface area contributed by atoms with E-state index in [1.165, 1.54) is 4.57 Å². The molecule has 1 aromatic heterocycles. The van der Waals surface area contributed by atoms with Crippen molar-refractivity contribution in [2.75, 3.05) is 11.9 Å². The van der Waals surface area contributed by atoms with Crippen LogP contribution in [0.5, 0.6) is 0 Å². The van der Waals surface area contributed by atoms with Gasteiger partial charge in [-0.25, -0.2) is 9.78 Å². The van der Waals surface area contributed by atoms with Crippen molar-refractivity contribution in [3.05, 3.63) is 45.5 Å². The SMILES string of the molecule is CC.N#Cc1nc(NCC2=CCCC=C2)c(=O)n2c1CCC2C(=O)O. The molecule has 1 aliphatic carbocycles. The average Bonchev–Trinajstić information content (AvgIpc) is 3.10. The molecule has 0 fully saturated rings. The van der Waals surface area contributed by atoms with E-state index in [2.05, 4.69) is 22.5 Å². The standard InChI is InChI=1S/C16H16N4O3.C2H6/c17-8-11-12-6-7-13(16(22)23)20(12)15(21)14(19-11)18-9-10-4-2-1-3-5-10;1-2/h2,4-5,13H,1,3,6-7,9H2,(H,18,19)(H,22,23);1-2H3. The number of carbonyl (C=O) groups is 1. The van der Waals surface area contributed by atoms with Crippen LogP contribution in [0.1, 0.15) is 50.5 Å². The van der Waals surface area contributed by atoms with Gasteiger partial charge in [-0.2, -0.15) is 5.26 Å². The Morgan fingerprint density at radius 3 is 2.84 bits per heavy atom. The topological polar surface area (TPSA) is 108 Å². The van der Waals surface area contributed by atoms with Crippen LogP contribution in [0.25, 0.3) is 0 Å². The van der Waals surface area contributed by atoms with Crippen LogP contribution in [0.3, 0.4) is 0 Å². The average molecular weight is 342 g/mol. The quantitative estimate of drug-likeness (QED) is 0.870. The first-order chi connectivity index (χ1) is 12.1. The number of aromatic nitrogens is 2. The Labute approximate surface area is 146 Å². The number of nitrogens with one attached hydrogen (secondary N) is 1. The molecular formula is C18H22N4O3. The van der Waals surface area contributed by atoms with Gasteiger partial charge in [0.1, 0.15) is 12.1 Å². The van der Waals surface area contributed by atoms with Gasteiger partial charge in [-0.1, -0.05) is 32.1 Å². The summed E-state index contributed by atoms with van der Waals surface area (Å²) in [4.78, 5) is 28.0. The molecule has 0 aromatic carbocycles. The number of aliphatic carboxylic acids is 1. The van der Waals surface area contributed by atoms with Crippen LogP contribution >= 0.6 is 0 Å². The lowest BCUT2D eigenvalue weighted by molar-refractivity contribution is -0.140. The van der Waals surface area contributed by atoms with E-state index < -0.39 is 17.6 Å². The highest BCUT2D eigenvalue weighted by Gasteiger charge is 2.32. The zero-order valence-electron chi connectivity index (χ0n) is 14.5. The number of carboxylic acid groups (broad SMARTS) is 1. The van der Waals surface area contributed by atoms with Gasteiger partial charge >= 0.3 is 5.97 Å². The van der Waals surface area contributed by atoms with Gasteiger partial charge in [-0.15, -0.1) is 0 Å². The molecule has 2 heterocycles. The van der Waals surface area contributed by atoms with Gasteiger partial charge in [-0.3, -0.25) is 9.36 Å². The van der Waals surface area contributed by atoms with Crippen molar-refractivity contribution in [1.29, 1.82) is 5.26 Å². The Morgan fingerprint density at radius 2 is 2.24 bits per heavy atom. The number of hydrogen-bond acceptors (Lipinski definition) is 5. The largest absolute Gasteiger partial charge is 0.480 e. The van der Waals surface area contributed by atoms with Crippen molar-refractivity contribution in [1.82, 2.24) is 9.55 Å². The van der Waals surface area contributed by atoms with Crippen molar-refractivity contribution < 1.29 is 9.90 Å². The molecular weight excluding hydrogens is 320 g/mol. The Bertz CT molecular complexity index is 815. The number of anilines is 1. The lowest BCUT2D eigenvalue weighted by Crippen LogP contribution is -2.31. The summed E-state index contributed by atoms with van der Waals surface area (Å²) in [7, 11) is 0. The second-order valence-corrected chi connectivity index (χ2v) is 5.55. The highest BCUT2D eigenvalue weighted by Crippen LogP contribution is 2.26. The molecule has 1 aliphatic heterocycles. The Kier molecular flexibility index (Phi) is 6.12. The third-order valence-electron chi connectivity index (χ3n) is 4.10. The lowest BCUT2D eigenvalue weighted by Gasteiger charge is -2.14. The molecule has 25 heavy (non-hydrogen) atoms. The Morgan fingerprint density at radius 1 is 1.48 bits per heavy atom. The van der Waals surface area contributed by atoms with Crippen LogP contribution in [-0.4, -0.2) is 27.2 Å². The maximum atomic E-state index is 12.5. The van der Waals surface area contributed by atoms with E-state index in [0.717, 1.165) is 18.4 Å². The number of rotatable bonds is 4. The smallest absolute Gasteiger partial charge is 0.326 e. The second kappa shape index (κ2) is 8.29. The van der Waals surface area contributed by atoms with Crippen LogP contribution in [-0.2, 0) is 11.2 Å². The summed E-state index contributed by atoms with van der Waals surface area (Å²) < 4.78 is 1.20. The van der Waals surface area contributed by atoms with Crippen LogP contribution in [0, 0.1) is 11.3 Å². The van der Waals surface area contributed by atoms with Gasteiger partial charge in [-0.05, 0) is 31.3 Å². The molecule has 7 nitrogen and oxygen atoms in total. The Hall–Kier alpha value is -2.88. The summed E-state index contributed by atoms with van der Waals surface area (Å²) in [5.41, 5.74) is 1.08. The van der Waals surface area contributed by atoms with Gasteiger partial charge in [0.15, 0.2) is 11.5 Å². The maximum Gasteiger partial charge on any atom is 0.326 e. The second-order valence-electron chi connectivity index (χ2n) is 5.55. The van der Waals surface area contributed by atoms with E-state index in [9.17, 15) is 20.0 Å². The van der Waals surface area contributed by atoms with Crippen LogP contribution in [0.4, 0.5) is 5.82 Å². The normalized spacial score (nSPS) is 17.6. The van der Waals surface area contributed by atoms with E-state index in [4.69, 9.17) is 0 Å². The fraction of sp³-hybridized carbons (Fsp3) is 0.444. The monoisotopic (exact) mass is 342 g/mol. The van der Waals surface area contributed by atoms with Crippen molar-refractivity contribution in [3.8, 4) is 6.07 Å². The highest BCUT2D eigenvalue weighted by atomic mass is 16.4. The zero-order chi connectivity index (χ0) is 18.4. The van der Waals surface area contributed by atoms with Gasteiger partial charge in [0.2, 0.25) is 0 Å². The van der Waals surface area contributed by atoms with Crippen LogP contribution < -0.4 is 10.9 Å². The lowest BCUT2D eigenvalue weighted by atomic mass is 10.1. The maximum absolute atomic E-state index is 12.5. The Balaban J connectivity index is 0.00000109. The summed E-state index contributed by atoms with van der Waals surface area (Å²) in [5, 5.41) is 21.4. The number of nitrogens with zero attached hydrogens (tertiary/aromatic N) is 3. The van der Waals surface area contributed by atoms with E-state index in [-0.39, 0.29) is 11.5 Å². The molecule has 3 rings (SSSR count). The minimum absolute atomic E-state index is 0.0262. The van der Waals surface area contributed by atoms with Crippen molar-refractivity contribution in [2.45, 2.75) is 45.6 Å². The van der Waals surface area contributed by atoms with E-state index >= 15 is 0 Å². The summed E-state index contributed by atoms with van der Waals surface area (Å²) in [6.45, 7) is 4.42. The number of fused-ring (bicyclic) bond motifs is 1. The molecule has 0 saturated heterocycles. The number of nitriles is 1. The predicted molar refractivity (Wildman–Crippen MR) is 94.5 cm³/mol. The molecule has 0 amide bonds. The molecule has 1 atom stereocenters. The molecule has 1 unspecified atom stereocenters. The summed E-state index contributed by atoms with van der Waals surface area (Å²) in [6.07, 6.45) is 8.74. The molecule has 1 aromatic rings. The van der Waals surface area contributed by atoms with Gasteiger partial charge in [0.25, 0.3) is 5.56 Å². The first-order valence-electron chi connectivity index (χ1n) is 8.49. The molecule has 2 N–H and O–H groups in total. The highest BCUT2D eigenvalue weighted by molar-refractivity contribution is 5.73. The van der Waals surface area contributed by atoms with Crippen LogP contribution in [0.15, 0.2) is 28.6 Å². The predicted octanol–water partition coefficient (Wildman–Crippen LogP) is 2.40.